The molecule has 0 spiro atoms. The van der Waals surface area contributed by atoms with Gasteiger partial charge < -0.3 is 33.8 Å². The van der Waals surface area contributed by atoms with Crippen LogP contribution in [0.3, 0.4) is 0 Å². The molecule has 0 rings (SSSR count). The number of esters is 4. The highest BCUT2D eigenvalue weighted by molar-refractivity contribution is 7.47. The minimum absolute atomic E-state index is 0.0988. The molecule has 0 aromatic heterocycles. The molecule has 0 fully saturated rings. The van der Waals surface area contributed by atoms with Gasteiger partial charge in [-0.3, -0.25) is 37.3 Å². The van der Waals surface area contributed by atoms with Gasteiger partial charge in [-0.25, -0.2) is 9.13 Å². The van der Waals surface area contributed by atoms with E-state index in [-0.39, 0.29) is 25.7 Å². The van der Waals surface area contributed by atoms with Crippen LogP contribution in [0.5, 0.6) is 0 Å². The van der Waals surface area contributed by atoms with E-state index in [2.05, 4.69) is 52.0 Å². The number of carbonyl (C=O) groups excluding carboxylic acids is 4. The lowest BCUT2D eigenvalue weighted by molar-refractivity contribution is -0.161. The number of allylic oxidation sites excluding steroid dienone is 4. The van der Waals surface area contributed by atoms with Crippen LogP contribution in [0.25, 0.3) is 0 Å². The van der Waals surface area contributed by atoms with Gasteiger partial charge in [-0.1, -0.05) is 309 Å². The molecule has 0 bridgehead atoms. The standard InChI is InChI=1S/C77H146O17P2/c1-5-9-13-17-21-25-29-33-35-39-42-46-50-54-58-62-75(80)88-68-72(93-76(81)63-59-55-51-47-43-38-32-28-24-20-16-12-8-4)69-91-95(83,84)89-65-71(78)66-90-96(85,86)92-70-73(67-87-74(79)61-57-53-49-45-41-37-31-27-23-19-15-11-7-3)94-77(82)64-60-56-52-48-44-40-36-34-30-26-22-18-14-10-6-2/h25-26,29-30,71-73,78H,5-24,27-28,31-70H2,1-4H3,(H,83,84)(H,85,86)/b29-25-,30-26-/t71-,72-,73-/m1/s1. The molecular formula is C77H146O17P2. The van der Waals surface area contributed by atoms with E-state index < -0.39 is 97.5 Å². The third-order valence-electron chi connectivity index (χ3n) is 17.4. The highest BCUT2D eigenvalue weighted by Crippen LogP contribution is 2.45. The van der Waals surface area contributed by atoms with E-state index in [0.29, 0.717) is 25.7 Å². The van der Waals surface area contributed by atoms with Crippen LogP contribution < -0.4 is 0 Å². The number of ether oxygens (including phenoxy) is 4. The summed E-state index contributed by atoms with van der Waals surface area (Å²) in [7, 11) is -9.92. The first kappa shape index (κ1) is 93.5. The molecule has 19 heteroatoms. The van der Waals surface area contributed by atoms with E-state index >= 15 is 0 Å². The highest BCUT2D eigenvalue weighted by atomic mass is 31.2. The van der Waals surface area contributed by atoms with Crippen LogP contribution in [-0.2, 0) is 65.4 Å². The Labute approximate surface area is 586 Å². The van der Waals surface area contributed by atoms with Crippen molar-refractivity contribution >= 4 is 39.5 Å². The molecule has 0 saturated carbocycles. The number of aliphatic hydroxyl groups is 1. The van der Waals surface area contributed by atoms with E-state index in [1.165, 1.54) is 173 Å². The zero-order chi connectivity index (χ0) is 70.4. The first-order valence-electron chi connectivity index (χ1n) is 39.6. The molecule has 0 heterocycles. The SMILES string of the molecule is CCCCCC/C=C\CCCCCCCCCC(=O)OC[C@H](COP(=O)(O)OC[C@@H](O)COP(=O)(O)OC[C@@H](COC(=O)CCCCCCCCCCCCCCC)OC(=O)CCCCCCCCC/C=C\CCCCCC)OC(=O)CCCCCCCCCCCCCCC. The topological polar surface area (TPSA) is 237 Å². The second kappa shape index (κ2) is 71.0. The Balaban J connectivity index is 5.29. The quantitative estimate of drug-likeness (QED) is 0.0169. The van der Waals surface area contributed by atoms with Crippen molar-refractivity contribution in [2.24, 2.45) is 0 Å². The first-order chi connectivity index (χ1) is 46.7. The molecule has 3 N–H and O–H groups in total. The third kappa shape index (κ3) is 70.0. The van der Waals surface area contributed by atoms with Gasteiger partial charge in [-0.2, -0.15) is 0 Å². The lowest BCUT2D eigenvalue weighted by Gasteiger charge is -2.21. The Bertz CT molecular complexity index is 1920. The number of rotatable bonds is 76. The number of unbranched alkanes of at least 4 members (excludes halogenated alkanes) is 46. The molecule has 0 aliphatic heterocycles. The lowest BCUT2D eigenvalue weighted by atomic mass is 10.0. The van der Waals surface area contributed by atoms with E-state index in [1.54, 1.807) is 0 Å². The Morgan fingerprint density at radius 2 is 0.479 bits per heavy atom. The zero-order valence-corrected chi connectivity index (χ0v) is 63.6. The number of hydrogen-bond acceptors (Lipinski definition) is 15. The number of carbonyl (C=O) groups is 4. The van der Waals surface area contributed by atoms with Crippen molar-refractivity contribution in [1.29, 1.82) is 0 Å². The first-order valence-corrected chi connectivity index (χ1v) is 42.6. The smallest absolute Gasteiger partial charge is 0.462 e. The maximum atomic E-state index is 13.1. The van der Waals surface area contributed by atoms with Crippen LogP contribution in [0, 0.1) is 0 Å². The summed E-state index contributed by atoms with van der Waals surface area (Å²) in [4.78, 5) is 72.9. The Morgan fingerprint density at radius 3 is 0.729 bits per heavy atom. The molecule has 96 heavy (non-hydrogen) atoms. The van der Waals surface area contributed by atoms with Gasteiger partial charge in [-0.05, 0) is 77.0 Å². The third-order valence-corrected chi connectivity index (χ3v) is 19.3. The molecule has 0 aromatic carbocycles. The molecule has 0 aliphatic carbocycles. The summed E-state index contributed by atoms with van der Waals surface area (Å²) in [6.07, 6.45) is 64.3. The van der Waals surface area contributed by atoms with Crippen molar-refractivity contribution in [3.63, 3.8) is 0 Å². The maximum Gasteiger partial charge on any atom is 0.472 e. The maximum absolute atomic E-state index is 13.1. The fourth-order valence-electron chi connectivity index (χ4n) is 11.3. The summed E-state index contributed by atoms with van der Waals surface area (Å²) >= 11 is 0. The molecule has 0 aliphatic rings. The van der Waals surface area contributed by atoms with Gasteiger partial charge in [-0.15, -0.1) is 0 Å². The summed E-state index contributed by atoms with van der Waals surface area (Å²) < 4.78 is 68.6. The van der Waals surface area contributed by atoms with Crippen molar-refractivity contribution in [2.45, 2.75) is 406 Å². The number of phosphoric acid groups is 2. The fourth-order valence-corrected chi connectivity index (χ4v) is 12.9. The van der Waals surface area contributed by atoms with Gasteiger partial charge in [0.05, 0.1) is 26.4 Å². The van der Waals surface area contributed by atoms with Gasteiger partial charge in [0.1, 0.15) is 19.3 Å². The molecule has 5 atom stereocenters. The lowest BCUT2D eigenvalue weighted by Crippen LogP contribution is -2.30. The van der Waals surface area contributed by atoms with Crippen LogP contribution in [0.4, 0.5) is 0 Å². The van der Waals surface area contributed by atoms with Crippen LogP contribution in [0.2, 0.25) is 0 Å². The van der Waals surface area contributed by atoms with Gasteiger partial charge >= 0.3 is 39.5 Å². The fraction of sp³-hybridized carbons (Fsp3) is 0.896. The van der Waals surface area contributed by atoms with Crippen molar-refractivity contribution in [3.05, 3.63) is 24.3 Å². The van der Waals surface area contributed by atoms with Crippen molar-refractivity contribution in [1.82, 2.24) is 0 Å². The predicted molar refractivity (Wildman–Crippen MR) is 391 cm³/mol. The van der Waals surface area contributed by atoms with Gasteiger partial charge in [0.25, 0.3) is 0 Å². The highest BCUT2D eigenvalue weighted by Gasteiger charge is 2.30. The Hall–Kier alpha value is -2.46. The molecular weight excluding hydrogens is 1260 g/mol. The molecule has 2 unspecified atom stereocenters. The van der Waals surface area contributed by atoms with Gasteiger partial charge in [0, 0.05) is 25.7 Å². The summed E-state index contributed by atoms with van der Waals surface area (Å²) in [6.45, 7) is 4.94. The van der Waals surface area contributed by atoms with E-state index in [4.69, 9.17) is 37.0 Å². The average molecular weight is 1410 g/mol. The normalized spacial score (nSPS) is 14.0. The summed E-state index contributed by atoms with van der Waals surface area (Å²) in [5.41, 5.74) is 0. The minimum atomic E-state index is -4.96. The summed E-state index contributed by atoms with van der Waals surface area (Å²) in [5.74, 6) is -2.13. The Kier molecular flexibility index (Phi) is 69.1. The van der Waals surface area contributed by atoms with Gasteiger partial charge in [0.15, 0.2) is 12.2 Å². The van der Waals surface area contributed by atoms with Crippen molar-refractivity contribution in [2.75, 3.05) is 39.6 Å². The van der Waals surface area contributed by atoms with Crippen LogP contribution in [0.15, 0.2) is 24.3 Å². The monoisotopic (exact) mass is 1410 g/mol. The average Bonchev–Trinajstić information content (AvgIpc) is 1.17. The van der Waals surface area contributed by atoms with E-state index in [0.717, 1.165) is 135 Å². The van der Waals surface area contributed by atoms with Crippen molar-refractivity contribution in [3.8, 4) is 0 Å². The van der Waals surface area contributed by atoms with Crippen molar-refractivity contribution < 1.29 is 80.2 Å². The predicted octanol–water partition coefficient (Wildman–Crippen LogP) is 22.6. The summed E-state index contributed by atoms with van der Waals surface area (Å²) in [5, 5.41) is 10.6. The molecule has 0 saturated heterocycles. The number of hydrogen-bond donors (Lipinski definition) is 3. The largest absolute Gasteiger partial charge is 0.472 e. The molecule has 0 radical (unpaired) electrons. The molecule has 566 valence electrons. The second-order valence-electron chi connectivity index (χ2n) is 27.0. The minimum Gasteiger partial charge on any atom is -0.462 e. The Morgan fingerprint density at radius 1 is 0.281 bits per heavy atom. The number of phosphoric ester groups is 2. The van der Waals surface area contributed by atoms with E-state index in [1.807, 2.05) is 0 Å². The van der Waals surface area contributed by atoms with E-state index in [9.17, 15) is 43.2 Å². The molecule has 0 amide bonds. The molecule has 17 nitrogen and oxygen atoms in total. The van der Waals surface area contributed by atoms with Crippen LogP contribution in [0.1, 0.15) is 387 Å². The zero-order valence-electron chi connectivity index (χ0n) is 61.8. The second-order valence-corrected chi connectivity index (χ2v) is 29.9. The van der Waals surface area contributed by atoms with Crippen LogP contribution >= 0.6 is 15.6 Å². The van der Waals surface area contributed by atoms with Gasteiger partial charge in [0.2, 0.25) is 0 Å². The molecule has 0 aromatic rings. The number of aliphatic hydroxyl groups excluding tert-OH is 1. The summed E-state index contributed by atoms with van der Waals surface area (Å²) in [6, 6.07) is 0. The van der Waals surface area contributed by atoms with Crippen LogP contribution in [-0.4, -0.2) is 96.7 Å².